The molecule has 0 amide bonds. The summed E-state index contributed by atoms with van der Waals surface area (Å²) in [5, 5.41) is 0. The lowest BCUT2D eigenvalue weighted by molar-refractivity contribution is -0.166. The maximum atomic E-state index is 12.7. The van der Waals surface area contributed by atoms with Crippen molar-refractivity contribution in [3.63, 3.8) is 0 Å². The van der Waals surface area contributed by atoms with Gasteiger partial charge in [0.25, 0.3) is 0 Å². The average Bonchev–Trinajstić information content (AvgIpc) is 3.22. The molecule has 0 aliphatic carbocycles. The molecule has 0 saturated carbocycles. The van der Waals surface area contributed by atoms with Gasteiger partial charge >= 0.3 is 17.9 Å². The molecule has 0 rings (SSSR count). The Morgan fingerprint density at radius 1 is 0.379 bits per heavy atom. The van der Waals surface area contributed by atoms with Gasteiger partial charge in [-0.25, -0.2) is 0 Å². The standard InChI is InChI=1S/C52H86O6/c1-4-7-10-13-16-18-20-22-24-25-26-28-29-31-33-36-39-42-45-51(54)57-48-49(47-56-50(53)44-41-38-35-15-12-9-6-3)58-52(55)46-43-40-37-34-32-30-27-23-21-19-17-14-11-8-5-2/h8,11,17-20,23-25,27,32,34,40,43,49H,4-7,9-10,12-16,21-22,26,28-31,33,35-39,41-42,44-48H2,1-3H3/b11-8-,19-17-,20-18-,25-24-,27-23-,34-32-,43-40-. The second-order valence-electron chi connectivity index (χ2n) is 15.3. The zero-order valence-electron chi connectivity index (χ0n) is 37.5. The van der Waals surface area contributed by atoms with Gasteiger partial charge < -0.3 is 14.2 Å². The van der Waals surface area contributed by atoms with Gasteiger partial charge in [-0.1, -0.05) is 196 Å². The first-order valence-corrected chi connectivity index (χ1v) is 23.6. The van der Waals surface area contributed by atoms with Crippen molar-refractivity contribution in [1.82, 2.24) is 0 Å². The highest BCUT2D eigenvalue weighted by Gasteiger charge is 2.19. The molecular formula is C52H86O6. The van der Waals surface area contributed by atoms with E-state index in [1.54, 1.807) is 6.08 Å². The summed E-state index contributed by atoms with van der Waals surface area (Å²) in [6, 6.07) is 0. The number of esters is 3. The summed E-state index contributed by atoms with van der Waals surface area (Å²) in [5.74, 6) is -1.07. The van der Waals surface area contributed by atoms with Crippen molar-refractivity contribution >= 4 is 17.9 Å². The van der Waals surface area contributed by atoms with E-state index in [4.69, 9.17) is 14.2 Å². The van der Waals surface area contributed by atoms with E-state index in [9.17, 15) is 14.4 Å². The molecule has 0 radical (unpaired) electrons. The Morgan fingerprint density at radius 2 is 0.724 bits per heavy atom. The van der Waals surface area contributed by atoms with Crippen molar-refractivity contribution in [2.24, 2.45) is 0 Å². The minimum absolute atomic E-state index is 0.0948. The number of unbranched alkanes of at least 4 members (excludes halogenated alkanes) is 17. The van der Waals surface area contributed by atoms with Crippen molar-refractivity contribution < 1.29 is 28.6 Å². The van der Waals surface area contributed by atoms with Crippen molar-refractivity contribution in [2.75, 3.05) is 13.2 Å². The molecule has 0 heterocycles. The number of carbonyl (C=O) groups is 3. The molecule has 0 fully saturated rings. The van der Waals surface area contributed by atoms with Crippen LogP contribution in [0.15, 0.2) is 85.1 Å². The molecule has 1 unspecified atom stereocenters. The van der Waals surface area contributed by atoms with Crippen LogP contribution in [-0.2, 0) is 28.6 Å². The van der Waals surface area contributed by atoms with Crippen LogP contribution in [0.25, 0.3) is 0 Å². The quantitative estimate of drug-likeness (QED) is 0.0265. The van der Waals surface area contributed by atoms with Gasteiger partial charge in [0.2, 0.25) is 0 Å². The molecule has 0 spiro atoms. The van der Waals surface area contributed by atoms with E-state index in [0.29, 0.717) is 12.8 Å². The van der Waals surface area contributed by atoms with E-state index in [2.05, 4.69) is 93.7 Å². The highest BCUT2D eigenvalue weighted by molar-refractivity contribution is 5.72. The first kappa shape index (κ1) is 54.6. The summed E-state index contributed by atoms with van der Waals surface area (Å²) in [6.07, 6.45) is 58.9. The van der Waals surface area contributed by atoms with Gasteiger partial charge in [-0.15, -0.1) is 0 Å². The Morgan fingerprint density at radius 3 is 1.16 bits per heavy atom. The van der Waals surface area contributed by atoms with Gasteiger partial charge in [0, 0.05) is 12.8 Å². The molecule has 6 nitrogen and oxygen atoms in total. The monoisotopic (exact) mass is 807 g/mol. The molecule has 0 aromatic carbocycles. The summed E-state index contributed by atoms with van der Waals surface area (Å²) < 4.78 is 16.6. The molecule has 0 N–H and O–H groups in total. The van der Waals surface area contributed by atoms with Gasteiger partial charge in [-0.3, -0.25) is 14.4 Å². The zero-order valence-corrected chi connectivity index (χ0v) is 37.5. The Kier molecular flexibility index (Phi) is 43.6. The fourth-order valence-electron chi connectivity index (χ4n) is 6.13. The fourth-order valence-corrected chi connectivity index (χ4v) is 6.13. The number of ether oxygens (including phenoxy) is 3. The average molecular weight is 807 g/mol. The molecule has 0 aromatic heterocycles. The molecule has 0 aliphatic heterocycles. The highest BCUT2D eigenvalue weighted by Crippen LogP contribution is 2.12. The first-order valence-electron chi connectivity index (χ1n) is 23.6. The maximum absolute atomic E-state index is 12.7. The number of rotatable bonds is 41. The molecule has 6 heteroatoms. The predicted molar refractivity (Wildman–Crippen MR) is 247 cm³/mol. The third-order valence-corrected chi connectivity index (χ3v) is 9.67. The topological polar surface area (TPSA) is 78.9 Å². The van der Waals surface area contributed by atoms with Crippen LogP contribution in [0.5, 0.6) is 0 Å². The molecule has 0 aromatic rings. The van der Waals surface area contributed by atoms with Crippen molar-refractivity contribution in [2.45, 2.75) is 213 Å². The number of hydrogen-bond donors (Lipinski definition) is 0. The fraction of sp³-hybridized carbons (Fsp3) is 0.673. The molecule has 330 valence electrons. The summed E-state index contributed by atoms with van der Waals surface area (Å²) in [6.45, 7) is 6.35. The SMILES string of the molecule is CC/C=C\C/C=C\C/C=C\C/C=C\C/C=C\CC(=O)OC(COC(=O)CCCCCCCCC)COC(=O)CCCCCCCCC/C=C\C/C=C\CCCCCC. The highest BCUT2D eigenvalue weighted by atomic mass is 16.6. The Bertz CT molecular complexity index is 1160. The zero-order chi connectivity index (χ0) is 42.3. The van der Waals surface area contributed by atoms with Crippen LogP contribution in [0, 0.1) is 0 Å². The Labute approximate surface area is 356 Å². The van der Waals surface area contributed by atoms with Crippen LogP contribution in [0.3, 0.4) is 0 Å². The second kappa shape index (κ2) is 46.3. The van der Waals surface area contributed by atoms with E-state index in [-0.39, 0.29) is 31.6 Å². The summed E-state index contributed by atoms with van der Waals surface area (Å²) in [5.41, 5.74) is 0. The van der Waals surface area contributed by atoms with E-state index in [1.807, 2.05) is 6.08 Å². The van der Waals surface area contributed by atoms with Crippen LogP contribution >= 0.6 is 0 Å². The van der Waals surface area contributed by atoms with Crippen molar-refractivity contribution in [3.05, 3.63) is 85.1 Å². The first-order chi connectivity index (χ1) is 28.5. The Hall–Kier alpha value is -3.41. The third-order valence-electron chi connectivity index (χ3n) is 9.67. The van der Waals surface area contributed by atoms with Crippen LogP contribution in [-0.4, -0.2) is 37.2 Å². The lowest BCUT2D eigenvalue weighted by atomic mass is 10.1. The predicted octanol–water partition coefficient (Wildman–Crippen LogP) is 15.3. The number of carbonyl (C=O) groups excluding carboxylic acids is 3. The van der Waals surface area contributed by atoms with Crippen LogP contribution in [0.2, 0.25) is 0 Å². The van der Waals surface area contributed by atoms with Gasteiger partial charge in [0.1, 0.15) is 13.2 Å². The molecule has 0 saturated heterocycles. The van der Waals surface area contributed by atoms with Gasteiger partial charge in [-0.2, -0.15) is 0 Å². The molecular weight excluding hydrogens is 721 g/mol. The van der Waals surface area contributed by atoms with Gasteiger partial charge in [0.15, 0.2) is 6.10 Å². The van der Waals surface area contributed by atoms with Crippen LogP contribution < -0.4 is 0 Å². The third kappa shape index (κ3) is 43.7. The van der Waals surface area contributed by atoms with Gasteiger partial charge in [-0.05, 0) is 77.0 Å². The van der Waals surface area contributed by atoms with Crippen LogP contribution in [0.1, 0.15) is 207 Å². The normalized spacial score (nSPS) is 12.8. The molecule has 0 aliphatic rings. The second-order valence-corrected chi connectivity index (χ2v) is 15.3. The summed E-state index contributed by atoms with van der Waals surface area (Å²) in [4.78, 5) is 37.6. The van der Waals surface area contributed by atoms with Crippen molar-refractivity contribution in [1.29, 1.82) is 0 Å². The number of allylic oxidation sites excluding steroid dienone is 13. The lowest BCUT2D eigenvalue weighted by Crippen LogP contribution is -2.30. The van der Waals surface area contributed by atoms with E-state index in [0.717, 1.165) is 83.5 Å². The molecule has 1 atom stereocenters. The van der Waals surface area contributed by atoms with Crippen molar-refractivity contribution in [3.8, 4) is 0 Å². The van der Waals surface area contributed by atoms with Gasteiger partial charge in [0.05, 0.1) is 6.42 Å². The van der Waals surface area contributed by atoms with E-state index >= 15 is 0 Å². The minimum Gasteiger partial charge on any atom is -0.462 e. The smallest absolute Gasteiger partial charge is 0.310 e. The van der Waals surface area contributed by atoms with E-state index < -0.39 is 12.1 Å². The molecule has 0 bridgehead atoms. The summed E-state index contributed by atoms with van der Waals surface area (Å²) >= 11 is 0. The summed E-state index contributed by atoms with van der Waals surface area (Å²) in [7, 11) is 0. The largest absolute Gasteiger partial charge is 0.462 e. The maximum Gasteiger partial charge on any atom is 0.310 e. The number of hydrogen-bond acceptors (Lipinski definition) is 6. The van der Waals surface area contributed by atoms with E-state index in [1.165, 1.54) is 83.5 Å². The lowest BCUT2D eigenvalue weighted by Gasteiger charge is -2.18. The Balaban J connectivity index is 4.42. The van der Waals surface area contributed by atoms with Crippen LogP contribution in [0.4, 0.5) is 0 Å². The molecule has 58 heavy (non-hydrogen) atoms. The minimum atomic E-state index is -0.830.